The van der Waals surface area contributed by atoms with Gasteiger partial charge in [-0.05, 0) is 38.3 Å². The van der Waals surface area contributed by atoms with Crippen molar-refractivity contribution >= 4 is 11.9 Å². The number of hydrogen-bond acceptors (Lipinski definition) is 5. The fraction of sp³-hybridized carbons (Fsp3) is 0.739. The standard InChI is InChI=1S/C23H37N5O3/c1-19(22(29)27-9-2-3-10-27)26-11-13-28(14-12-26)23(25-17-20-7-16-30-18-20)24-8-6-21-5-4-15-31-21/h4-5,15,19-20H,2-3,6-14,16-18H2,1H3,(H,24,25). The molecule has 3 saturated heterocycles. The van der Waals surface area contributed by atoms with Gasteiger partial charge in [0.2, 0.25) is 5.91 Å². The van der Waals surface area contributed by atoms with E-state index in [-0.39, 0.29) is 11.9 Å². The molecule has 3 fully saturated rings. The van der Waals surface area contributed by atoms with Crippen molar-refractivity contribution < 1.29 is 13.9 Å². The molecule has 2 atom stereocenters. The number of carbonyl (C=O) groups excluding carboxylic acids is 1. The number of guanidine groups is 1. The summed E-state index contributed by atoms with van der Waals surface area (Å²) in [6.45, 7) is 10.7. The van der Waals surface area contributed by atoms with Gasteiger partial charge in [-0.25, -0.2) is 0 Å². The predicted molar refractivity (Wildman–Crippen MR) is 120 cm³/mol. The summed E-state index contributed by atoms with van der Waals surface area (Å²) in [5.41, 5.74) is 0. The summed E-state index contributed by atoms with van der Waals surface area (Å²) in [6, 6.07) is 3.89. The highest BCUT2D eigenvalue weighted by atomic mass is 16.5. The normalized spacial score (nSPS) is 24.0. The van der Waals surface area contributed by atoms with Gasteiger partial charge in [0.15, 0.2) is 5.96 Å². The van der Waals surface area contributed by atoms with Gasteiger partial charge in [-0.3, -0.25) is 14.7 Å². The summed E-state index contributed by atoms with van der Waals surface area (Å²) in [4.78, 5) is 24.4. The Morgan fingerprint density at radius 1 is 1.19 bits per heavy atom. The van der Waals surface area contributed by atoms with Gasteiger partial charge in [0.05, 0.1) is 18.9 Å². The van der Waals surface area contributed by atoms with Crippen LogP contribution in [0.4, 0.5) is 0 Å². The Morgan fingerprint density at radius 3 is 2.68 bits per heavy atom. The molecule has 8 nitrogen and oxygen atoms in total. The summed E-state index contributed by atoms with van der Waals surface area (Å²) >= 11 is 0. The minimum absolute atomic E-state index is 0.0387. The van der Waals surface area contributed by atoms with E-state index >= 15 is 0 Å². The molecule has 4 heterocycles. The van der Waals surface area contributed by atoms with Crippen molar-refractivity contribution in [3.05, 3.63) is 24.2 Å². The van der Waals surface area contributed by atoms with Crippen LogP contribution in [0.3, 0.4) is 0 Å². The summed E-state index contributed by atoms with van der Waals surface area (Å²) in [6.07, 6.45) is 5.92. The molecule has 4 rings (SSSR count). The molecule has 0 aliphatic carbocycles. The van der Waals surface area contributed by atoms with E-state index in [0.29, 0.717) is 5.92 Å². The number of piperazine rings is 1. The number of hydrogen-bond donors (Lipinski definition) is 1. The molecule has 8 heteroatoms. The van der Waals surface area contributed by atoms with E-state index in [2.05, 4.69) is 22.0 Å². The maximum Gasteiger partial charge on any atom is 0.239 e. The van der Waals surface area contributed by atoms with Gasteiger partial charge in [-0.15, -0.1) is 0 Å². The Morgan fingerprint density at radius 2 is 2.00 bits per heavy atom. The van der Waals surface area contributed by atoms with Gasteiger partial charge < -0.3 is 24.3 Å². The summed E-state index contributed by atoms with van der Waals surface area (Å²) in [5, 5.41) is 3.54. The maximum atomic E-state index is 12.8. The zero-order valence-electron chi connectivity index (χ0n) is 18.8. The van der Waals surface area contributed by atoms with Crippen LogP contribution in [0.15, 0.2) is 27.8 Å². The molecule has 1 N–H and O–H groups in total. The number of nitrogens with zero attached hydrogens (tertiary/aromatic N) is 4. The lowest BCUT2D eigenvalue weighted by Gasteiger charge is -2.39. The van der Waals surface area contributed by atoms with E-state index in [1.165, 1.54) is 0 Å². The third-order valence-corrected chi connectivity index (χ3v) is 6.69. The largest absolute Gasteiger partial charge is 0.469 e. The lowest BCUT2D eigenvalue weighted by atomic mass is 10.1. The number of rotatable bonds is 7. The van der Waals surface area contributed by atoms with E-state index in [9.17, 15) is 4.79 Å². The highest BCUT2D eigenvalue weighted by Crippen LogP contribution is 2.15. The Balaban J connectivity index is 1.30. The summed E-state index contributed by atoms with van der Waals surface area (Å²) in [7, 11) is 0. The van der Waals surface area contributed by atoms with Gasteiger partial charge in [-0.2, -0.15) is 0 Å². The smallest absolute Gasteiger partial charge is 0.239 e. The van der Waals surface area contributed by atoms with E-state index in [4.69, 9.17) is 14.1 Å². The lowest BCUT2D eigenvalue weighted by Crippen LogP contribution is -2.57. The van der Waals surface area contributed by atoms with E-state index in [1.807, 2.05) is 17.0 Å². The van der Waals surface area contributed by atoms with Crippen molar-refractivity contribution in [3.8, 4) is 0 Å². The van der Waals surface area contributed by atoms with Gasteiger partial charge >= 0.3 is 0 Å². The highest BCUT2D eigenvalue weighted by molar-refractivity contribution is 5.82. The SMILES string of the molecule is CC(C(=O)N1CCCC1)N1CCN(C(=NCC2CCOC2)NCCc2ccco2)CC1. The highest BCUT2D eigenvalue weighted by Gasteiger charge is 2.30. The van der Waals surface area contributed by atoms with Crippen LogP contribution in [0.1, 0.15) is 31.9 Å². The van der Waals surface area contributed by atoms with Gasteiger partial charge in [-0.1, -0.05) is 0 Å². The number of ether oxygens (including phenoxy) is 1. The quantitative estimate of drug-likeness (QED) is 0.520. The third kappa shape index (κ3) is 6.01. The topological polar surface area (TPSA) is 73.6 Å². The number of nitrogens with one attached hydrogen (secondary N) is 1. The van der Waals surface area contributed by atoms with Crippen LogP contribution in [0.2, 0.25) is 0 Å². The summed E-state index contributed by atoms with van der Waals surface area (Å²) < 4.78 is 11.0. The molecule has 2 unspecified atom stereocenters. The van der Waals surface area contributed by atoms with Crippen LogP contribution in [-0.2, 0) is 16.0 Å². The van der Waals surface area contributed by atoms with Crippen LogP contribution in [0.25, 0.3) is 0 Å². The molecule has 0 saturated carbocycles. The molecule has 0 radical (unpaired) electrons. The van der Waals surface area contributed by atoms with Crippen LogP contribution < -0.4 is 5.32 Å². The first-order valence-corrected chi connectivity index (χ1v) is 11.9. The first-order chi connectivity index (χ1) is 15.2. The van der Waals surface area contributed by atoms with E-state index in [0.717, 1.165) is 103 Å². The lowest BCUT2D eigenvalue weighted by molar-refractivity contribution is -0.135. The van der Waals surface area contributed by atoms with Crippen molar-refractivity contribution in [2.45, 2.75) is 38.6 Å². The fourth-order valence-corrected chi connectivity index (χ4v) is 4.64. The average Bonchev–Trinajstić information content (AvgIpc) is 3.58. The molecule has 172 valence electrons. The Kier molecular flexibility index (Phi) is 7.86. The number of carbonyl (C=O) groups is 1. The average molecular weight is 432 g/mol. The van der Waals surface area contributed by atoms with E-state index in [1.54, 1.807) is 6.26 Å². The molecular formula is C23H37N5O3. The Bertz CT molecular complexity index is 703. The fourth-order valence-electron chi connectivity index (χ4n) is 4.64. The molecule has 0 bridgehead atoms. The van der Waals surface area contributed by atoms with Crippen molar-refractivity contribution in [1.29, 1.82) is 0 Å². The monoisotopic (exact) mass is 431 g/mol. The molecule has 0 aromatic carbocycles. The molecule has 1 amide bonds. The predicted octanol–water partition coefficient (Wildman–Crippen LogP) is 1.43. The van der Waals surface area contributed by atoms with Crippen molar-refractivity contribution in [3.63, 3.8) is 0 Å². The van der Waals surface area contributed by atoms with Crippen molar-refractivity contribution in [2.75, 3.05) is 65.6 Å². The van der Waals surface area contributed by atoms with Crippen LogP contribution in [0.5, 0.6) is 0 Å². The van der Waals surface area contributed by atoms with Crippen LogP contribution >= 0.6 is 0 Å². The number of amides is 1. The molecular weight excluding hydrogens is 394 g/mol. The molecule has 1 aromatic rings. The Labute approximate surface area is 185 Å². The number of likely N-dealkylation sites (tertiary alicyclic amines) is 1. The molecule has 1 aromatic heterocycles. The van der Waals surface area contributed by atoms with Gasteiger partial charge in [0.1, 0.15) is 5.76 Å². The second-order valence-corrected chi connectivity index (χ2v) is 8.88. The first kappa shape index (κ1) is 22.1. The van der Waals surface area contributed by atoms with Crippen LogP contribution in [0, 0.1) is 5.92 Å². The minimum Gasteiger partial charge on any atom is -0.469 e. The molecule has 3 aliphatic rings. The van der Waals surface area contributed by atoms with Gasteiger partial charge in [0.25, 0.3) is 0 Å². The second-order valence-electron chi connectivity index (χ2n) is 8.88. The molecule has 31 heavy (non-hydrogen) atoms. The zero-order chi connectivity index (χ0) is 21.5. The Hall–Kier alpha value is -2.06. The van der Waals surface area contributed by atoms with Crippen molar-refractivity contribution in [2.24, 2.45) is 10.9 Å². The summed E-state index contributed by atoms with van der Waals surface area (Å²) in [5.74, 6) is 2.76. The minimum atomic E-state index is -0.0387. The van der Waals surface area contributed by atoms with Crippen molar-refractivity contribution in [1.82, 2.24) is 20.0 Å². The van der Waals surface area contributed by atoms with Gasteiger partial charge in [0, 0.05) is 71.3 Å². The zero-order valence-corrected chi connectivity index (χ0v) is 18.8. The first-order valence-electron chi connectivity index (χ1n) is 11.9. The molecule has 3 aliphatic heterocycles. The maximum absolute atomic E-state index is 12.8. The number of furan rings is 1. The number of aliphatic imine (C=N–C) groups is 1. The van der Waals surface area contributed by atoms with Crippen LogP contribution in [-0.4, -0.2) is 98.2 Å². The molecule has 0 spiro atoms. The van der Waals surface area contributed by atoms with E-state index < -0.39 is 0 Å². The second kappa shape index (κ2) is 11.0. The third-order valence-electron chi connectivity index (χ3n) is 6.69.